The SMILES string of the molecule is Cn1c2c(c(=O)[nH]c1=O)C1(C(=O)N2)c2ccccc2Nc2c1c(=O)[nH]c(=O)n2C. The molecule has 4 heterocycles. The molecule has 0 radical (unpaired) electrons. The zero-order valence-electron chi connectivity index (χ0n) is 15.2. The van der Waals surface area contributed by atoms with Crippen molar-refractivity contribution in [3.63, 3.8) is 0 Å². The normalized spacial score (nSPS) is 18.6. The van der Waals surface area contributed by atoms with Crippen molar-refractivity contribution in [1.29, 1.82) is 0 Å². The number of hydrogen-bond acceptors (Lipinski definition) is 6. The monoisotopic (exact) mass is 394 g/mol. The molecule has 0 bridgehead atoms. The number of hydrogen-bond donors (Lipinski definition) is 4. The molecule has 1 aromatic carbocycles. The molecule has 0 saturated heterocycles. The molecule has 11 nitrogen and oxygen atoms in total. The van der Waals surface area contributed by atoms with Gasteiger partial charge in [0.25, 0.3) is 11.1 Å². The number of benzene rings is 1. The van der Waals surface area contributed by atoms with Crippen LogP contribution in [0.4, 0.5) is 17.3 Å². The zero-order valence-corrected chi connectivity index (χ0v) is 15.2. The second-order valence-corrected chi connectivity index (χ2v) is 6.96. The third-order valence-electron chi connectivity index (χ3n) is 5.56. The first-order chi connectivity index (χ1) is 13.8. The van der Waals surface area contributed by atoms with E-state index < -0.39 is 33.8 Å². The number of rotatable bonds is 0. The minimum absolute atomic E-state index is 0.000318. The average molecular weight is 394 g/mol. The summed E-state index contributed by atoms with van der Waals surface area (Å²) >= 11 is 0. The Morgan fingerprint density at radius 3 is 1.86 bits per heavy atom. The molecule has 2 aliphatic rings. The van der Waals surface area contributed by atoms with E-state index in [4.69, 9.17) is 0 Å². The van der Waals surface area contributed by atoms with E-state index in [2.05, 4.69) is 20.6 Å². The summed E-state index contributed by atoms with van der Waals surface area (Å²) in [6.07, 6.45) is 0. The Balaban J connectivity index is 2.09. The molecule has 1 atom stereocenters. The number of anilines is 3. The summed E-state index contributed by atoms with van der Waals surface area (Å²) in [6, 6.07) is 6.68. The third-order valence-corrected chi connectivity index (χ3v) is 5.56. The van der Waals surface area contributed by atoms with Gasteiger partial charge in [-0.3, -0.25) is 33.5 Å². The second kappa shape index (κ2) is 5.22. The van der Waals surface area contributed by atoms with Crippen molar-refractivity contribution in [1.82, 2.24) is 19.1 Å². The number of para-hydroxylation sites is 1. The van der Waals surface area contributed by atoms with Gasteiger partial charge in [-0.1, -0.05) is 18.2 Å². The molecule has 5 rings (SSSR count). The lowest BCUT2D eigenvalue weighted by Crippen LogP contribution is -2.50. The van der Waals surface area contributed by atoms with E-state index >= 15 is 0 Å². The van der Waals surface area contributed by atoms with Crippen LogP contribution in [-0.2, 0) is 24.3 Å². The predicted octanol–water partition coefficient (Wildman–Crippen LogP) is -1.20. The van der Waals surface area contributed by atoms with E-state index in [1.165, 1.54) is 14.1 Å². The van der Waals surface area contributed by atoms with Gasteiger partial charge < -0.3 is 10.6 Å². The van der Waals surface area contributed by atoms with Crippen molar-refractivity contribution < 1.29 is 4.79 Å². The van der Waals surface area contributed by atoms with Gasteiger partial charge in [-0.2, -0.15) is 0 Å². The van der Waals surface area contributed by atoms with Crippen LogP contribution in [0.2, 0.25) is 0 Å². The Bertz CT molecular complexity index is 1490. The van der Waals surface area contributed by atoms with E-state index in [1.807, 2.05) is 0 Å². The van der Waals surface area contributed by atoms with Crippen LogP contribution in [0, 0.1) is 0 Å². The van der Waals surface area contributed by atoms with Crippen LogP contribution in [0.1, 0.15) is 16.7 Å². The van der Waals surface area contributed by atoms with Crippen LogP contribution in [0.25, 0.3) is 0 Å². The lowest BCUT2D eigenvalue weighted by Gasteiger charge is -2.35. The Morgan fingerprint density at radius 2 is 1.28 bits per heavy atom. The van der Waals surface area contributed by atoms with E-state index in [1.54, 1.807) is 24.3 Å². The maximum atomic E-state index is 13.5. The van der Waals surface area contributed by atoms with Crippen molar-refractivity contribution in [3.05, 3.63) is 82.6 Å². The van der Waals surface area contributed by atoms with Crippen molar-refractivity contribution >= 4 is 23.2 Å². The Morgan fingerprint density at radius 1 is 0.759 bits per heavy atom. The lowest BCUT2D eigenvalue weighted by molar-refractivity contribution is -0.118. The molecule has 0 saturated carbocycles. The largest absolute Gasteiger partial charge is 0.341 e. The number of fused-ring (bicyclic) bond motifs is 6. The lowest BCUT2D eigenvalue weighted by atomic mass is 9.69. The third kappa shape index (κ3) is 1.83. The number of H-pyrrole nitrogens is 2. The van der Waals surface area contributed by atoms with Gasteiger partial charge in [0.2, 0.25) is 5.91 Å². The van der Waals surface area contributed by atoms with E-state index in [0.29, 0.717) is 11.3 Å². The molecule has 0 aliphatic carbocycles. The van der Waals surface area contributed by atoms with E-state index in [9.17, 15) is 24.0 Å². The number of nitrogens with zero attached hydrogens (tertiary/aromatic N) is 2. The summed E-state index contributed by atoms with van der Waals surface area (Å²) in [7, 11) is 2.83. The van der Waals surface area contributed by atoms with Gasteiger partial charge in [-0.15, -0.1) is 0 Å². The maximum Gasteiger partial charge on any atom is 0.329 e. The molecule has 1 unspecified atom stereocenters. The summed E-state index contributed by atoms with van der Waals surface area (Å²) in [5, 5.41) is 5.61. The summed E-state index contributed by atoms with van der Waals surface area (Å²) in [4.78, 5) is 68.0. The minimum atomic E-state index is -1.84. The van der Waals surface area contributed by atoms with Crippen LogP contribution >= 0.6 is 0 Å². The van der Waals surface area contributed by atoms with Crippen LogP contribution < -0.4 is 33.1 Å². The number of nitrogens with one attached hydrogen (secondary N) is 4. The fourth-order valence-electron chi connectivity index (χ4n) is 4.22. The molecule has 1 spiro atoms. The fourth-order valence-corrected chi connectivity index (χ4v) is 4.22. The molecule has 0 fully saturated rings. The van der Waals surface area contributed by atoms with Crippen LogP contribution in [0.15, 0.2) is 43.4 Å². The number of aromatic amines is 2. The van der Waals surface area contributed by atoms with Crippen LogP contribution in [0.3, 0.4) is 0 Å². The van der Waals surface area contributed by atoms with Gasteiger partial charge in [0.05, 0.1) is 11.1 Å². The number of carbonyl (C=O) groups is 1. The first-order valence-electron chi connectivity index (χ1n) is 8.64. The van der Waals surface area contributed by atoms with Gasteiger partial charge in [0, 0.05) is 25.3 Å². The topological polar surface area (TPSA) is 151 Å². The Kier molecular flexibility index (Phi) is 3.06. The average Bonchev–Trinajstić information content (AvgIpc) is 2.98. The van der Waals surface area contributed by atoms with Crippen molar-refractivity contribution in [3.8, 4) is 0 Å². The molecular weight excluding hydrogens is 380 g/mol. The van der Waals surface area contributed by atoms with Gasteiger partial charge >= 0.3 is 11.4 Å². The minimum Gasteiger partial charge on any atom is -0.341 e. The van der Waals surface area contributed by atoms with Gasteiger partial charge in [0.15, 0.2) is 0 Å². The van der Waals surface area contributed by atoms with Crippen LogP contribution in [0.5, 0.6) is 0 Å². The predicted molar refractivity (Wildman–Crippen MR) is 103 cm³/mol. The quantitative estimate of drug-likeness (QED) is 0.376. The number of carbonyl (C=O) groups excluding carboxylic acids is 1. The van der Waals surface area contributed by atoms with Crippen molar-refractivity contribution in [2.45, 2.75) is 5.41 Å². The standard InChI is InChI=1S/C18H14N6O5/c1-23-11-9(13(25)21-16(23)28)18(7-5-3-4-6-8(7)19-11)10-12(20-15(18)27)24(2)17(29)22-14(10)26/h3-6,19H,1-2H3,(H,20,27)(H,21,25,28)(H,22,26,29). The Labute approximate surface area is 160 Å². The van der Waals surface area contributed by atoms with Crippen molar-refractivity contribution in [2.24, 2.45) is 14.1 Å². The highest BCUT2D eigenvalue weighted by Gasteiger charge is 2.58. The highest BCUT2D eigenvalue weighted by molar-refractivity contribution is 6.13. The molecule has 29 heavy (non-hydrogen) atoms. The van der Waals surface area contributed by atoms with E-state index in [-0.39, 0.29) is 22.8 Å². The Hall–Kier alpha value is -4.15. The molecule has 1 amide bonds. The summed E-state index contributed by atoms with van der Waals surface area (Å²) in [5.41, 5.74) is -4.19. The van der Waals surface area contributed by atoms with Gasteiger partial charge in [-0.25, -0.2) is 9.59 Å². The maximum absolute atomic E-state index is 13.5. The first-order valence-corrected chi connectivity index (χ1v) is 8.64. The summed E-state index contributed by atoms with van der Waals surface area (Å²) < 4.78 is 2.26. The van der Waals surface area contributed by atoms with E-state index in [0.717, 1.165) is 9.13 Å². The molecule has 4 N–H and O–H groups in total. The molecule has 3 aromatic rings. The number of aromatic nitrogens is 4. The number of amides is 1. The fraction of sp³-hybridized carbons (Fsp3) is 0.167. The highest BCUT2D eigenvalue weighted by atomic mass is 16.2. The summed E-state index contributed by atoms with van der Waals surface area (Å²) in [5.74, 6) is -0.577. The molecule has 2 aromatic heterocycles. The van der Waals surface area contributed by atoms with Crippen molar-refractivity contribution in [2.75, 3.05) is 10.6 Å². The molecular formula is C18H14N6O5. The molecule has 2 aliphatic heterocycles. The first kappa shape index (κ1) is 17.0. The smallest absolute Gasteiger partial charge is 0.329 e. The molecule has 146 valence electrons. The van der Waals surface area contributed by atoms with Gasteiger partial charge in [0.1, 0.15) is 17.1 Å². The highest BCUT2D eigenvalue weighted by Crippen LogP contribution is 2.51. The molecule has 11 heteroatoms. The zero-order chi connectivity index (χ0) is 20.7. The van der Waals surface area contributed by atoms with Gasteiger partial charge in [-0.05, 0) is 6.07 Å². The second-order valence-electron chi connectivity index (χ2n) is 6.96. The van der Waals surface area contributed by atoms with Crippen LogP contribution in [-0.4, -0.2) is 25.0 Å². The summed E-state index contributed by atoms with van der Waals surface area (Å²) in [6.45, 7) is 0.